The summed E-state index contributed by atoms with van der Waals surface area (Å²) in [6.45, 7) is 13.2. The van der Waals surface area contributed by atoms with E-state index in [4.69, 9.17) is 13.6 Å². The lowest BCUT2D eigenvalue weighted by Crippen LogP contribution is -2.38. The third-order valence-corrected chi connectivity index (χ3v) is 7.44. The van der Waals surface area contributed by atoms with Crippen LogP contribution in [0, 0.1) is 0 Å². The molecule has 0 fully saturated rings. The van der Waals surface area contributed by atoms with Gasteiger partial charge in [-0.2, -0.15) is 0 Å². The molecule has 0 spiro atoms. The van der Waals surface area contributed by atoms with Crippen molar-refractivity contribution in [3.05, 3.63) is 12.7 Å². The Morgan fingerprint density at radius 2 is 1.44 bits per heavy atom. The number of rotatable bonds is 17. The molecule has 0 saturated heterocycles. The van der Waals surface area contributed by atoms with Gasteiger partial charge in [-0.1, -0.05) is 51.5 Å². The van der Waals surface area contributed by atoms with Gasteiger partial charge in [0.2, 0.25) is 0 Å². The van der Waals surface area contributed by atoms with E-state index in [1.165, 1.54) is 51.0 Å². The number of ether oxygens (including phenoxy) is 1. The first-order chi connectivity index (χ1) is 12.0. The van der Waals surface area contributed by atoms with Crippen LogP contribution < -0.4 is 0 Å². The van der Waals surface area contributed by atoms with E-state index in [1.807, 2.05) is 6.92 Å². The molecule has 0 aromatic heterocycles. The van der Waals surface area contributed by atoms with Crippen molar-refractivity contribution in [2.24, 2.45) is 0 Å². The number of carbonyl (C=O) groups is 1. The summed E-state index contributed by atoms with van der Waals surface area (Å²) in [5.41, 5.74) is 0. The van der Waals surface area contributed by atoms with Gasteiger partial charge in [0.05, 0.1) is 6.10 Å². The quantitative estimate of drug-likeness (QED) is 0.141. The highest BCUT2D eigenvalue weighted by atomic mass is 28.4. The Balaban J connectivity index is 3.49. The molecule has 0 N–H and O–H groups in total. The molecule has 0 aliphatic heterocycles. The fourth-order valence-corrected chi connectivity index (χ4v) is 5.53. The van der Waals surface area contributed by atoms with Crippen molar-refractivity contribution < 1.29 is 18.4 Å². The first kappa shape index (κ1) is 24.3. The zero-order valence-corrected chi connectivity index (χ0v) is 18.0. The van der Waals surface area contributed by atoms with Gasteiger partial charge in [-0.05, 0) is 46.2 Å². The van der Waals surface area contributed by atoms with Crippen LogP contribution in [0.25, 0.3) is 0 Å². The largest absolute Gasteiger partial charge is 0.460 e. The summed E-state index contributed by atoms with van der Waals surface area (Å²) in [4.78, 5) is 11.1. The SMILES string of the molecule is C=CC(=O)OC(C)CCCCCCCCCC[Si](C)(OCC)OCC. The monoisotopic (exact) mass is 372 g/mol. The van der Waals surface area contributed by atoms with Crippen molar-refractivity contribution >= 4 is 14.5 Å². The van der Waals surface area contributed by atoms with Crippen molar-refractivity contribution in [1.82, 2.24) is 0 Å². The van der Waals surface area contributed by atoms with E-state index in [1.54, 1.807) is 0 Å². The van der Waals surface area contributed by atoms with E-state index in [0.717, 1.165) is 32.1 Å². The van der Waals surface area contributed by atoms with Gasteiger partial charge in [0.1, 0.15) is 0 Å². The second-order valence-electron chi connectivity index (χ2n) is 6.82. The molecule has 0 heterocycles. The Labute approximate surface area is 156 Å². The van der Waals surface area contributed by atoms with Crippen LogP contribution in [0.5, 0.6) is 0 Å². The smallest absolute Gasteiger partial charge is 0.334 e. The second-order valence-corrected chi connectivity index (χ2v) is 10.2. The molecule has 1 atom stereocenters. The molecule has 1 unspecified atom stereocenters. The molecule has 0 aromatic carbocycles. The summed E-state index contributed by atoms with van der Waals surface area (Å²) >= 11 is 0. The zero-order chi connectivity index (χ0) is 19.0. The third kappa shape index (κ3) is 14.2. The fraction of sp³-hybridized carbons (Fsp3) is 0.850. The maximum Gasteiger partial charge on any atom is 0.334 e. The molecule has 148 valence electrons. The minimum atomic E-state index is -1.90. The molecular formula is C20H40O4Si. The first-order valence-corrected chi connectivity index (χ1v) is 12.6. The molecule has 0 rings (SSSR count). The Morgan fingerprint density at radius 1 is 0.960 bits per heavy atom. The van der Waals surface area contributed by atoms with E-state index < -0.39 is 8.56 Å². The van der Waals surface area contributed by atoms with Crippen LogP contribution in [0.15, 0.2) is 12.7 Å². The van der Waals surface area contributed by atoms with Crippen LogP contribution in [0.3, 0.4) is 0 Å². The Bertz CT molecular complexity index is 341. The van der Waals surface area contributed by atoms with Crippen LogP contribution in [-0.2, 0) is 18.4 Å². The van der Waals surface area contributed by atoms with E-state index in [2.05, 4.69) is 27.0 Å². The Hall–Kier alpha value is -0.653. The summed E-state index contributed by atoms with van der Waals surface area (Å²) in [7, 11) is -1.90. The normalized spacial score (nSPS) is 12.8. The van der Waals surface area contributed by atoms with Crippen LogP contribution in [0.1, 0.15) is 78.6 Å². The van der Waals surface area contributed by atoms with Gasteiger partial charge in [0.25, 0.3) is 0 Å². The van der Waals surface area contributed by atoms with Crippen LogP contribution in [0.4, 0.5) is 0 Å². The topological polar surface area (TPSA) is 44.8 Å². The number of hydrogen-bond acceptors (Lipinski definition) is 4. The van der Waals surface area contributed by atoms with Gasteiger partial charge < -0.3 is 13.6 Å². The zero-order valence-electron chi connectivity index (χ0n) is 17.0. The molecule has 4 nitrogen and oxygen atoms in total. The van der Waals surface area contributed by atoms with E-state index in [0.29, 0.717) is 0 Å². The highest BCUT2D eigenvalue weighted by Gasteiger charge is 2.29. The van der Waals surface area contributed by atoms with Gasteiger partial charge in [-0.25, -0.2) is 4.79 Å². The molecule has 0 aromatic rings. The molecular weight excluding hydrogens is 332 g/mol. The van der Waals surface area contributed by atoms with Crippen LogP contribution >= 0.6 is 0 Å². The van der Waals surface area contributed by atoms with Gasteiger partial charge in [-0.3, -0.25) is 0 Å². The van der Waals surface area contributed by atoms with E-state index >= 15 is 0 Å². The standard InChI is InChI=1S/C20H40O4Si/c1-6-20(21)24-19(4)17-15-13-11-9-10-12-14-16-18-25(5,22-7-2)23-8-3/h6,19H,1,7-18H2,2-5H3. The first-order valence-electron chi connectivity index (χ1n) is 10.1. The van der Waals surface area contributed by atoms with Crippen molar-refractivity contribution in [2.45, 2.75) is 97.3 Å². The molecule has 0 bridgehead atoms. The van der Waals surface area contributed by atoms with E-state index in [-0.39, 0.29) is 12.1 Å². The fourth-order valence-electron chi connectivity index (χ4n) is 3.04. The maximum atomic E-state index is 11.1. The average molecular weight is 373 g/mol. The number of esters is 1. The van der Waals surface area contributed by atoms with Crippen molar-refractivity contribution in [3.8, 4) is 0 Å². The summed E-state index contributed by atoms with van der Waals surface area (Å²) in [5, 5.41) is 0. The van der Waals surface area contributed by atoms with Gasteiger partial charge in [-0.15, -0.1) is 0 Å². The highest BCUT2D eigenvalue weighted by molar-refractivity contribution is 6.66. The summed E-state index contributed by atoms with van der Waals surface area (Å²) in [6, 6.07) is 1.11. The van der Waals surface area contributed by atoms with Crippen molar-refractivity contribution in [1.29, 1.82) is 0 Å². The van der Waals surface area contributed by atoms with Crippen LogP contribution in [-0.4, -0.2) is 33.8 Å². The Morgan fingerprint density at radius 3 is 1.92 bits per heavy atom. The Kier molecular flexibility index (Phi) is 15.2. The lowest BCUT2D eigenvalue weighted by molar-refractivity contribution is -0.142. The average Bonchev–Trinajstić information content (AvgIpc) is 2.56. The molecule has 0 aliphatic rings. The van der Waals surface area contributed by atoms with E-state index in [9.17, 15) is 4.79 Å². The van der Waals surface area contributed by atoms with Gasteiger partial charge in [0, 0.05) is 19.3 Å². The molecule has 25 heavy (non-hydrogen) atoms. The van der Waals surface area contributed by atoms with Crippen molar-refractivity contribution in [2.75, 3.05) is 13.2 Å². The van der Waals surface area contributed by atoms with Crippen molar-refractivity contribution in [3.63, 3.8) is 0 Å². The lowest BCUT2D eigenvalue weighted by Gasteiger charge is -2.25. The minimum absolute atomic E-state index is 0.000318. The second kappa shape index (κ2) is 15.6. The van der Waals surface area contributed by atoms with Gasteiger partial charge >= 0.3 is 14.5 Å². The lowest BCUT2D eigenvalue weighted by atomic mass is 10.1. The molecule has 5 heteroatoms. The summed E-state index contributed by atoms with van der Waals surface area (Å²) in [6.07, 6.45) is 12.2. The molecule has 0 amide bonds. The van der Waals surface area contributed by atoms with Gasteiger partial charge in [0.15, 0.2) is 0 Å². The number of carbonyl (C=O) groups excluding carboxylic acids is 1. The predicted molar refractivity (Wildman–Crippen MR) is 107 cm³/mol. The predicted octanol–water partition coefficient (Wildman–Crippen LogP) is 5.76. The highest BCUT2D eigenvalue weighted by Crippen LogP contribution is 2.19. The minimum Gasteiger partial charge on any atom is -0.460 e. The van der Waals surface area contributed by atoms with Crippen LogP contribution in [0.2, 0.25) is 12.6 Å². The summed E-state index contributed by atoms with van der Waals surface area (Å²) in [5.74, 6) is -0.319. The molecule has 0 radical (unpaired) electrons. The number of unbranched alkanes of at least 4 members (excludes halogenated alkanes) is 7. The molecule has 0 saturated carbocycles. The summed E-state index contributed by atoms with van der Waals surface area (Å²) < 4.78 is 16.9. The number of hydrogen-bond donors (Lipinski definition) is 0. The third-order valence-electron chi connectivity index (χ3n) is 4.37. The maximum absolute atomic E-state index is 11.1. The molecule has 0 aliphatic carbocycles.